The zero-order valence-corrected chi connectivity index (χ0v) is 10.1. The summed E-state index contributed by atoms with van der Waals surface area (Å²) in [6, 6.07) is 6.01. The van der Waals surface area contributed by atoms with E-state index in [0.29, 0.717) is 18.7 Å². The molecule has 0 fully saturated rings. The number of hydrogen-bond donors (Lipinski definition) is 2. The van der Waals surface area contributed by atoms with Crippen LogP contribution in [-0.2, 0) is 0 Å². The van der Waals surface area contributed by atoms with Crippen LogP contribution in [0.1, 0.15) is 25.3 Å². The van der Waals surface area contributed by atoms with Gasteiger partial charge < -0.3 is 10.4 Å². The summed E-state index contributed by atoms with van der Waals surface area (Å²) in [6.45, 7) is 2.33. The van der Waals surface area contributed by atoms with Crippen molar-refractivity contribution in [1.29, 1.82) is 5.26 Å². The first-order valence-corrected chi connectivity index (χ1v) is 5.69. The molecule has 0 saturated heterocycles. The summed E-state index contributed by atoms with van der Waals surface area (Å²) in [5, 5.41) is 31.9. The van der Waals surface area contributed by atoms with Gasteiger partial charge in [-0.2, -0.15) is 5.26 Å². The van der Waals surface area contributed by atoms with Crippen LogP contribution in [0.2, 0.25) is 0 Å². The van der Waals surface area contributed by atoms with Crippen LogP contribution in [0, 0.1) is 21.4 Å². The lowest BCUT2D eigenvalue weighted by Gasteiger charge is -2.11. The van der Waals surface area contributed by atoms with Crippen molar-refractivity contribution in [3.8, 4) is 6.07 Å². The number of nitro benzene ring substituents is 1. The number of anilines is 1. The Kier molecular flexibility index (Phi) is 5.08. The van der Waals surface area contributed by atoms with Crippen LogP contribution < -0.4 is 5.32 Å². The molecule has 96 valence electrons. The minimum atomic E-state index is -0.589. The molecule has 1 atom stereocenters. The fourth-order valence-corrected chi connectivity index (χ4v) is 1.57. The number of benzene rings is 1. The summed E-state index contributed by atoms with van der Waals surface area (Å²) < 4.78 is 0. The molecule has 0 heterocycles. The summed E-state index contributed by atoms with van der Waals surface area (Å²) in [5.41, 5.74) is 0.388. The second-order valence-corrected chi connectivity index (χ2v) is 3.92. The highest BCUT2D eigenvalue weighted by Gasteiger charge is 2.13. The molecule has 6 heteroatoms. The summed E-state index contributed by atoms with van der Waals surface area (Å²) >= 11 is 0. The molecular formula is C12H15N3O3. The van der Waals surface area contributed by atoms with Gasteiger partial charge in [-0.15, -0.1) is 0 Å². The van der Waals surface area contributed by atoms with Gasteiger partial charge in [-0.3, -0.25) is 10.1 Å². The van der Waals surface area contributed by atoms with Crippen LogP contribution in [-0.4, -0.2) is 22.7 Å². The number of nitriles is 1. The van der Waals surface area contributed by atoms with Crippen LogP contribution >= 0.6 is 0 Å². The van der Waals surface area contributed by atoms with Gasteiger partial charge in [0.25, 0.3) is 5.69 Å². The fourth-order valence-electron chi connectivity index (χ4n) is 1.57. The van der Waals surface area contributed by atoms with Crippen molar-refractivity contribution in [2.75, 3.05) is 11.9 Å². The predicted molar refractivity (Wildman–Crippen MR) is 67.2 cm³/mol. The van der Waals surface area contributed by atoms with Gasteiger partial charge in [-0.1, -0.05) is 13.3 Å². The number of nitrogens with one attached hydrogen (secondary N) is 1. The maximum Gasteiger partial charge on any atom is 0.287 e. The van der Waals surface area contributed by atoms with E-state index in [0.717, 1.165) is 6.42 Å². The Morgan fingerprint density at radius 3 is 2.89 bits per heavy atom. The smallest absolute Gasteiger partial charge is 0.287 e. The first-order chi connectivity index (χ1) is 8.58. The van der Waals surface area contributed by atoms with Crippen LogP contribution in [0.15, 0.2) is 18.2 Å². The summed E-state index contributed by atoms with van der Waals surface area (Å²) in [7, 11) is 0. The maximum atomic E-state index is 10.6. The molecule has 0 saturated carbocycles. The van der Waals surface area contributed by atoms with Gasteiger partial charge in [-0.05, 0) is 18.6 Å². The molecule has 1 unspecified atom stereocenters. The van der Waals surface area contributed by atoms with E-state index in [-0.39, 0.29) is 11.3 Å². The number of hydrogen-bond acceptors (Lipinski definition) is 5. The van der Waals surface area contributed by atoms with Crippen LogP contribution in [0.25, 0.3) is 0 Å². The Morgan fingerprint density at radius 1 is 1.61 bits per heavy atom. The second kappa shape index (κ2) is 6.57. The highest BCUT2D eigenvalue weighted by atomic mass is 16.6. The van der Waals surface area contributed by atoms with E-state index in [1.165, 1.54) is 18.2 Å². The average Bonchev–Trinajstić information content (AvgIpc) is 2.36. The first kappa shape index (κ1) is 13.9. The van der Waals surface area contributed by atoms with Gasteiger partial charge >= 0.3 is 0 Å². The quantitative estimate of drug-likeness (QED) is 0.593. The molecule has 0 aliphatic carbocycles. The van der Waals surface area contributed by atoms with Gasteiger partial charge in [0.1, 0.15) is 11.6 Å². The zero-order valence-electron chi connectivity index (χ0n) is 10.1. The predicted octanol–water partition coefficient (Wildman–Crippen LogP) is 2.04. The number of aliphatic hydroxyl groups is 1. The van der Waals surface area contributed by atoms with E-state index < -0.39 is 11.0 Å². The monoisotopic (exact) mass is 249 g/mol. The number of aliphatic hydroxyl groups excluding tert-OH is 1. The number of nitrogens with zero attached hydrogens (tertiary/aromatic N) is 2. The summed E-state index contributed by atoms with van der Waals surface area (Å²) in [6.07, 6.45) is 1.10. The first-order valence-electron chi connectivity index (χ1n) is 5.69. The third kappa shape index (κ3) is 3.71. The SMILES string of the molecule is CCCC(O)CNc1ccc([N+](=O)[O-])c(C#N)c1. The molecular weight excluding hydrogens is 234 g/mol. The molecule has 0 aliphatic rings. The topological polar surface area (TPSA) is 99.2 Å². The van der Waals surface area contributed by atoms with E-state index in [1.807, 2.05) is 6.92 Å². The Bertz CT molecular complexity index is 468. The highest BCUT2D eigenvalue weighted by Crippen LogP contribution is 2.21. The normalized spacial score (nSPS) is 11.6. The minimum absolute atomic E-state index is 0.00924. The Labute approximate surface area is 105 Å². The molecule has 0 bridgehead atoms. The van der Waals surface area contributed by atoms with Crippen molar-refractivity contribution in [2.24, 2.45) is 0 Å². The molecule has 0 amide bonds. The van der Waals surface area contributed by atoms with Gasteiger partial charge in [0.05, 0.1) is 11.0 Å². The molecule has 0 aliphatic heterocycles. The van der Waals surface area contributed by atoms with E-state index in [1.54, 1.807) is 6.07 Å². The van der Waals surface area contributed by atoms with Crippen molar-refractivity contribution in [1.82, 2.24) is 0 Å². The van der Waals surface area contributed by atoms with Crippen LogP contribution in [0.3, 0.4) is 0 Å². The fraction of sp³-hybridized carbons (Fsp3) is 0.417. The molecule has 1 aromatic carbocycles. The van der Waals surface area contributed by atoms with Crippen molar-refractivity contribution < 1.29 is 10.0 Å². The van der Waals surface area contributed by atoms with Crippen molar-refractivity contribution >= 4 is 11.4 Å². The molecule has 0 spiro atoms. The van der Waals surface area contributed by atoms with E-state index in [9.17, 15) is 15.2 Å². The van der Waals surface area contributed by atoms with Crippen LogP contribution in [0.5, 0.6) is 0 Å². The van der Waals surface area contributed by atoms with E-state index >= 15 is 0 Å². The molecule has 1 aromatic rings. The van der Waals surface area contributed by atoms with Crippen molar-refractivity contribution in [3.05, 3.63) is 33.9 Å². The lowest BCUT2D eigenvalue weighted by molar-refractivity contribution is -0.385. The van der Waals surface area contributed by atoms with Gasteiger partial charge in [0, 0.05) is 18.3 Å². The van der Waals surface area contributed by atoms with Crippen LogP contribution in [0.4, 0.5) is 11.4 Å². The minimum Gasteiger partial charge on any atom is -0.391 e. The summed E-state index contributed by atoms with van der Waals surface area (Å²) in [4.78, 5) is 10.0. The zero-order chi connectivity index (χ0) is 13.5. The largest absolute Gasteiger partial charge is 0.391 e. The van der Waals surface area contributed by atoms with Crippen molar-refractivity contribution in [2.45, 2.75) is 25.9 Å². The lowest BCUT2D eigenvalue weighted by atomic mass is 10.1. The number of rotatable bonds is 6. The standard InChI is InChI=1S/C12H15N3O3/c1-2-3-11(16)8-14-10-4-5-12(15(17)18)9(6-10)7-13/h4-6,11,14,16H,2-3,8H2,1H3. The Balaban J connectivity index is 2.75. The van der Waals surface area contributed by atoms with E-state index in [2.05, 4.69) is 5.32 Å². The highest BCUT2D eigenvalue weighted by molar-refractivity contribution is 5.58. The molecule has 1 rings (SSSR count). The third-order valence-corrected chi connectivity index (χ3v) is 2.48. The molecule has 0 aromatic heterocycles. The summed E-state index contributed by atoms with van der Waals surface area (Å²) in [5.74, 6) is 0. The van der Waals surface area contributed by atoms with Gasteiger partial charge in [0.2, 0.25) is 0 Å². The third-order valence-electron chi connectivity index (χ3n) is 2.48. The molecule has 2 N–H and O–H groups in total. The maximum absolute atomic E-state index is 10.6. The second-order valence-electron chi connectivity index (χ2n) is 3.92. The van der Waals surface area contributed by atoms with E-state index in [4.69, 9.17) is 5.26 Å². The molecule has 0 radical (unpaired) electrons. The molecule has 18 heavy (non-hydrogen) atoms. The Morgan fingerprint density at radius 2 is 2.33 bits per heavy atom. The number of nitro groups is 1. The lowest BCUT2D eigenvalue weighted by Crippen LogP contribution is -2.19. The average molecular weight is 249 g/mol. The Hall–Kier alpha value is -2.13. The van der Waals surface area contributed by atoms with Gasteiger partial charge in [-0.25, -0.2) is 0 Å². The van der Waals surface area contributed by atoms with Crippen molar-refractivity contribution in [3.63, 3.8) is 0 Å². The molecule has 6 nitrogen and oxygen atoms in total. The van der Waals surface area contributed by atoms with Gasteiger partial charge in [0.15, 0.2) is 0 Å².